The summed E-state index contributed by atoms with van der Waals surface area (Å²) in [7, 11) is 0. The molecule has 0 unspecified atom stereocenters. The Bertz CT molecular complexity index is 166. The largest absolute Gasteiger partial charge is 0.455 e. The van der Waals surface area contributed by atoms with Crippen LogP contribution in [0.25, 0.3) is 0 Å². The molecule has 0 amide bonds. The van der Waals surface area contributed by atoms with Crippen LogP contribution < -0.4 is 0 Å². The summed E-state index contributed by atoms with van der Waals surface area (Å²) in [6, 6.07) is 1.56. The van der Waals surface area contributed by atoms with Crippen LogP contribution in [0.3, 0.4) is 0 Å². The molecule has 3 nitrogen and oxygen atoms in total. The molecular formula is C6H6NO2. The van der Waals surface area contributed by atoms with Crippen LogP contribution in [-0.4, -0.2) is 5.97 Å². The van der Waals surface area contributed by atoms with Crippen molar-refractivity contribution >= 4 is 5.97 Å². The van der Waals surface area contributed by atoms with Gasteiger partial charge in [-0.05, 0) is 6.92 Å². The van der Waals surface area contributed by atoms with Gasteiger partial charge in [0.15, 0.2) is 0 Å². The molecule has 0 aromatic rings. The normalized spacial score (nSPS) is 7.56. The highest BCUT2D eigenvalue weighted by Gasteiger charge is 2.04. The van der Waals surface area contributed by atoms with E-state index in [4.69, 9.17) is 5.26 Å². The van der Waals surface area contributed by atoms with Crippen molar-refractivity contribution in [3.63, 3.8) is 0 Å². The highest BCUT2D eigenvalue weighted by Crippen LogP contribution is 1.92. The highest BCUT2D eigenvalue weighted by molar-refractivity contribution is 5.92. The lowest BCUT2D eigenvalue weighted by Gasteiger charge is -1.94. The molecule has 0 spiro atoms. The van der Waals surface area contributed by atoms with Gasteiger partial charge in [0.05, 0.1) is 0 Å². The van der Waals surface area contributed by atoms with Gasteiger partial charge in [-0.15, -0.1) is 0 Å². The van der Waals surface area contributed by atoms with Crippen LogP contribution in [0.15, 0.2) is 12.2 Å². The molecule has 0 rings (SSSR count). The van der Waals surface area contributed by atoms with Crippen molar-refractivity contribution < 1.29 is 9.53 Å². The Morgan fingerprint density at radius 1 is 1.89 bits per heavy atom. The first-order valence-corrected chi connectivity index (χ1v) is 2.30. The zero-order chi connectivity index (χ0) is 7.28. The van der Waals surface area contributed by atoms with E-state index in [0.717, 1.165) is 0 Å². The van der Waals surface area contributed by atoms with Crippen LogP contribution in [0, 0.1) is 17.9 Å². The topological polar surface area (TPSA) is 50.1 Å². The van der Waals surface area contributed by atoms with Gasteiger partial charge in [0.1, 0.15) is 18.2 Å². The summed E-state index contributed by atoms with van der Waals surface area (Å²) in [4.78, 5) is 10.4. The second-order valence-corrected chi connectivity index (χ2v) is 1.23. The molecule has 0 N–H and O–H groups in total. The Morgan fingerprint density at radius 2 is 2.44 bits per heavy atom. The Morgan fingerprint density at radius 3 is 2.78 bits per heavy atom. The first-order chi connectivity index (χ1) is 4.22. The Hall–Kier alpha value is -1.30. The monoisotopic (exact) mass is 124 g/mol. The zero-order valence-corrected chi connectivity index (χ0v) is 5.05. The van der Waals surface area contributed by atoms with E-state index in [1.54, 1.807) is 13.0 Å². The lowest BCUT2D eigenvalue weighted by atomic mass is 10.3. The summed E-state index contributed by atoms with van der Waals surface area (Å²) >= 11 is 0. The minimum Gasteiger partial charge on any atom is -0.455 e. The number of hydrogen-bond donors (Lipinski definition) is 0. The smallest absolute Gasteiger partial charge is 0.348 e. The molecule has 3 heteroatoms. The Labute approximate surface area is 53.5 Å². The number of hydrogen-bond acceptors (Lipinski definition) is 3. The van der Waals surface area contributed by atoms with Crippen LogP contribution in [0.5, 0.6) is 0 Å². The SMILES string of the molecule is C=C(C#N)C(=O)O[CH]C. The van der Waals surface area contributed by atoms with Crippen molar-refractivity contribution in [1.29, 1.82) is 5.26 Å². The number of carbonyl (C=O) groups is 1. The van der Waals surface area contributed by atoms with Gasteiger partial charge in [0.25, 0.3) is 0 Å². The molecule has 0 fully saturated rings. The van der Waals surface area contributed by atoms with Crippen molar-refractivity contribution in [1.82, 2.24) is 0 Å². The van der Waals surface area contributed by atoms with Gasteiger partial charge in [0, 0.05) is 0 Å². The number of nitrogens with zero attached hydrogens (tertiary/aromatic N) is 1. The third-order valence-electron chi connectivity index (χ3n) is 0.606. The average molecular weight is 124 g/mol. The lowest BCUT2D eigenvalue weighted by molar-refractivity contribution is -0.134. The molecule has 0 saturated heterocycles. The van der Waals surface area contributed by atoms with E-state index in [1.165, 1.54) is 6.61 Å². The van der Waals surface area contributed by atoms with Crippen molar-refractivity contribution in [2.45, 2.75) is 6.92 Å². The van der Waals surface area contributed by atoms with E-state index in [0.29, 0.717) is 0 Å². The molecule has 0 aliphatic rings. The van der Waals surface area contributed by atoms with E-state index in [2.05, 4.69) is 11.3 Å². The van der Waals surface area contributed by atoms with Crippen LogP contribution in [0.1, 0.15) is 6.92 Å². The van der Waals surface area contributed by atoms with Crippen molar-refractivity contribution in [2.75, 3.05) is 0 Å². The lowest BCUT2D eigenvalue weighted by Crippen LogP contribution is -2.01. The summed E-state index contributed by atoms with van der Waals surface area (Å²) < 4.78 is 4.31. The minimum absolute atomic E-state index is 0.187. The number of esters is 1. The van der Waals surface area contributed by atoms with Gasteiger partial charge in [-0.1, -0.05) is 6.58 Å². The van der Waals surface area contributed by atoms with Gasteiger partial charge in [-0.25, -0.2) is 4.79 Å². The van der Waals surface area contributed by atoms with Gasteiger partial charge >= 0.3 is 5.97 Å². The van der Waals surface area contributed by atoms with Crippen LogP contribution >= 0.6 is 0 Å². The quantitative estimate of drug-likeness (QED) is 0.310. The molecule has 9 heavy (non-hydrogen) atoms. The first kappa shape index (κ1) is 7.70. The first-order valence-electron chi connectivity index (χ1n) is 2.30. The van der Waals surface area contributed by atoms with Crippen molar-refractivity contribution in [3.8, 4) is 6.07 Å². The summed E-state index contributed by atoms with van der Waals surface area (Å²) in [6.07, 6.45) is 0. The molecule has 0 aliphatic carbocycles. The third-order valence-corrected chi connectivity index (χ3v) is 0.606. The number of rotatable bonds is 2. The van der Waals surface area contributed by atoms with E-state index >= 15 is 0 Å². The van der Waals surface area contributed by atoms with Gasteiger partial charge < -0.3 is 4.74 Å². The number of ether oxygens (including phenoxy) is 1. The molecule has 0 heterocycles. The fraction of sp³-hybridized carbons (Fsp3) is 0.167. The van der Waals surface area contributed by atoms with Crippen molar-refractivity contribution in [3.05, 3.63) is 18.8 Å². The average Bonchev–Trinajstić information content (AvgIpc) is 1.87. The molecule has 0 saturated carbocycles. The van der Waals surface area contributed by atoms with Gasteiger partial charge in [0.2, 0.25) is 0 Å². The maximum atomic E-state index is 10.4. The summed E-state index contributed by atoms with van der Waals surface area (Å²) in [5.74, 6) is -0.694. The maximum Gasteiger partial charge on any atom is 0.348 e. The van der Waals surface area contributed by atoms with Crippen LogP contribution in [0.2, 0.25) is 0 Å². The molecule has 1 radical (unpaired) electrons. The number of carbonyl (C=O) groups excluding carboxylic acids is 1. The second-order valence-electron chi connectivity index (χ2n) is 1.23. The van der Waals surface area contributed by atoms with E-state index < -0.39 is 5.97 Å². The number of nitriles is 1. The predicted octanol–water partition coefficient (Wildman–Crippen LogP) is 0.791. The van der Waals surface area contributed by atoms with Gasteiger partial charge in [-0.3, -0.25) is 0 Å². The molecule has 0 aliphatic heterocycles. The zero-order valence-electron chi connectivity index (χ0n) is 5.05. The molecule has 0 bridgehead atoms. The molecule has 0 aromatic carbocycles. The van der Waals surface area contributed by atoms with E-state index in [-0.39, 0.29) is 5.57 Å². The predicted molar refractivity (Wildman–Crippen MR) is 30.8 cm³/mol. The standard InChI is InChI=1S/C6H6NO2/c1-3-9-6(8)5(2)4-7/h3H,2H2,1H3. The minimum atomic E-state index is -0.694. The fourth-order valence-electron chi connectivity index (χ4n) is 0.224. The van der Waals surface area contributed by atoms with E-state index in [9.17, 15) is 4.79 Å². The Kier molecular flexibility index (Phi) is 3.14. The molecule has 0 atom stereocenters. The molecule has 47 valence electrons. The molecular weight excluding hydrogens is 118 g/mol. The third kappa shape index (κ3) is 2.50. The maximum absolute atomic E-state index is 10.4. The summed E-state index contributed by atoms with van der Waals surface area (Å²) in [5, 5.41) is 8.07. The van der Waals surface area contributed by atoms with Crippen LogP contribution in [-0.2, 0) is 9.53 Å². The Balaban J connectivity index is 3.78. The summed E-state index contributed by atoms with van der Waals surface area (Å²) in [6.45, 7) is 5.88. The van der Waals surface area contributed by atoms with Crippen LogP contribution in [0.4, 0.5) is 0 Å². The second kappa shape index (κ2) is 3.67. The van der Waals surface area contributed by atoms with Crippen molar-refractivity contribution in [2.24, 2.45) is 0 Å². The fourth-order valence-corrected chi connectivity index (χ4v) is 0.224. The van der Waals surface area contributed by atoms with E-state index in [1.807, 2.05) is 0 Å². The summed E-state index contributed by atoms with van der Waals surface area (Å²) in [5.41, 5.74) is -0.187. The molecule has 0 aromatic heterocycles. The highest BCUT2D eigenvalue weighted by atomic mass is 16.5. The van der Waals surface area contributed by atoms with Gasteiger partial charge in [-0.2, -0.15) is 5.26 Å².